The van der Waals surface area contributed by atoms with Crippen LogP contribution in [0.4, 0.5) is 11.4 Å². The molecular weight excluding hydrogens is 462 g/mol. The van der Waals surface area contributed by atoms with Crippen LogP contribution in [0.2, 0.25) is 0 Å². The van der Waals surface area contributed by atoms with E-state index in [9.17, 15) is 4.79 Å². The minimum absolute atomic E-state index is 0.0721. The van der Waals surface area contributed by atoms with Gasteiger partial charge in [0.15, 0.2) is 0 Å². The predicted octanol–water partition coefficient (Wildman–Crippen LogP) is 7.69. The fraction of sp³-hybridized carbons (Fsp3) is 0.0645. The Morgan fingerprint density at radius 3 is 1.72 bits per heavy atom. The minimum Gasteiger partial charge on any atom is -0.348 e. The van der Waals surface area contributed by atoms with Crippen LogP contribution in [0.15, 0.2) is 124 Å². The van der Waals surface area contributed by atoms with Crippen molar-refractivity contribution in [2.75, 3.05) is 5.32 Å². The maximum atomic E-state index is 13.7. The second-order valence-electron chi connectivity index (χ2n) is 8.77. The molecule has 0 saturated carbocycles. The van der Waals surface area contributed by atoms with E-state index >= 15 is 0 Å². The summed E-state index contributed by atoms with van der Waals surface area (Å²) in [5.41, 5.74) is 3.17. The molecule has 176 valence electrons. The summed E-state index contributed by atoms with van der Waals surface area (Å²) in [5, 5.41) is 8.07. The van der Waals surface area contributed by atoms with E-state index in [-0.39, 0.29) is 5.56 Å². The van der Waals surface area contributed by atoms with Crippen molar-refractivity contribution < 1.29 is 0 Å². The first-order valence-corrected chi connectivity index (χ1v) is 12.7. The molecule has 1 aromatic heterocycles. The highest BCUT2D eigenvalue weighted by atomic mass is 32.2. The normalized spacial score (nSPS) is 11.3. The summed E-state index contributed by atoms with van der Waals surface area (Å²) < 4.78 is 3.62. The smallest absolute Gasteiger partial charge is 0.295 e. The van der Waals surface area contributed by atoms with E-state index < -0.39 is 0 Å². The lowest BCUT2D eigenvalue weighted by molar-refractivity contribution is 0.630. The summed E-state index contributed by atoms with van der Waals surface area (Å²) in [6, 6.07) is 37.1. The Bertz CT molecular complexity index is 1710. The van der Waals surface area contributed by atoms with Crippen molar-refractivity contribution in [3.8, 4) is 5.69 Å². The Labute approximate surface area is 213 Å². The van der Waals surface area contributed by atoms with Gasteiger partial charge in [-0.15, -0.1) is 0 Å². The van der Waals surface area contributed by atoms with Crippen molar-refractivity contribution in [2.24, 2.45) is 7.05 Å². The molecule has 1 N–H and O–H groups in total. The monoisotopic (exact) mass is 487 g/mol. The van der Waals surface area contributed by atoms with E-state index in [0.717, 1.165) is 38.6 Å². The molecule has 0 atom stereocenters. The summed E-state index contributed by atoms with van der Waals surface area (Å²) in [6.45, 7) is 1.98. The van der Waals surface area contributed by atoms with E-state index in [1.807, 2.05) is 55.1 Å². The molecule has 0 aliphatic carbocycles. The number of hydrogen-bond donors (Lipinski definition) is 1. The van der Waals surface area contributed by atoms with Crippen molar-refractivity contribution in [2.45, 2.75) is 16.7 Å². The van der Waals surface area contributed by atoms with Crippen LogP contribution in [0, 0.1) is 6.92 Å². The van der Waals surface area contributed by atoms with Crippen LogP contribution in [0.1, 0.15) is 5.69 Å². The Kier molecular flexibility index (Phi) is 5.62. The van der Waals surface area contributed by atoms with E-state index in [1.54, 1.807) is 16.4 Å². The van der Waals surface area contributed by atoms with E-state index in [0.29, 0.717) is 5.69 Å². The molecule has 0 unspecified atom stereocenters. The van der Waals surface area contributed by atoms with Crippen LogP contribution in [0.3, 0.4) is 0 Å². The van der Waals surface area contributed by atoms with Gasteiger partial charge < -0.3 is 5.32 Å². The molecular formula is C31H25N3OS. The summed E-state index contributed by atoms with van der Waals surface area (Å²) in [6.07, 6.45) is 0. The first kappa shape index (κ1) is 22.3. The van der Waals surface area contributed by atoms with Crippen LogP contribution in [0.25, 0.3) is 27.2 Å². The molecule has 36 heavy (non-hydrogen) atoms. The highest BCUT2D eigenvalue weighted by Crippen LogP contribution is 2.44. The molecule has 0 radical (unpaired) electrons. The molecule has 0 bridgehead atoms. The maximum Gasteiger partial charge on any atom is 0.295 e. The van der Waals surface area contributed by atoms with Crippen LogP contribution in [-0.2, 0) is 7.05 Å². The van der Waals surface area contributed by atoms with Gasteiger partial charge in [-0.1, -0.05) is 96.7 Å². The Hall–Kier alpha value is -4.22. The third kappa shape index (κ3) is 3.69. The van der Waals surface area contributed by atoms with Gasteiger partial charge in [0.1, 0.15) is 5.69 Å². The molecule has 5 heteroatoms. The number of benzene rings is 5. The van der Waals surface area contributed by atoms with Crippen molar-refractivity contribution in [1.82, 2.24) is 9.36 Å². The second-order valence-corrected chi connectivity index (χ2v) is 9.86. The number of fused-ring (bicyclic) bond motifs is 2. The van der Waals surface area contributed by atoms with Gasteiger partial charge in [-0.2, -0.15) is 0 Å². The predicted molar refractivity (Wildman–Crippen MR) is 151 cm³/mol. The Balaban J connectivity index is 1.58. The Morgan fingerprint density at radius 1 is 0.639 bits per heavy atom. The molecule has 1 heterocycles. The van der Waals surface area contributed by atoms with Gasteiger partial charge in [0, 0.05) is 27.6 Å². The van der Waals surface area contributed by atoms with Gasteiger partial charge >= 0.3 is 0 Å². The fourth-order valence-electron chi connectivity index (χ4n) is 4.78. The van der Waals surface area contributed by atoms with Crippen molar-refractivity contribution in [1.29, 1.82) is 0 Å². The highest BCUT2D eigenvalue weighted by molar-refractivity contribution is 7.99. The van der Waals surface area contributed by atoms with Gasteiger partial charge in [-0.3, -0.25) is 9.48 Å². The molecule has 4 nitrogen and oxygen atoms in total. The molecule has 0 aliphatic rings. The number of rotatable bonds is 5. The molecule has 5 aromatic carbocycles. The van der Waals surface area contributed by atoms with Gasteiger partial charge in [0.2, 0.25) is 0 Å². The zero-order chi connectivity index (χ0) is 24.6. The van der Waals surface area contributed by atoms with Crippen LogP contribution >= 0.6 is 11.8 Å². The molecule has 0 aliphatic heterocycles. The molecule has 6 rings (SSSR count). The van der Waals surface area contributed by atoms with E-state index in [1.165, 1.54) is 9.79 Å². The lowest BCUT2D eigenvalue weighted by atomic mass is 10.0. The van der Waals surface area contributed by atoms with Crippen molar-refractivity contribution in [3.05, 3.63) is 125 Å². The molecule has 6 aromatic rings. The molecule has 0 amide bonds. The lowest BCUT2D eigenvalue weighted by Crippen LogP contribution is -2.20. The number of hydrogen-bond acceptors (Lipinski definition) is 3. The Morgan fingerprint density at radius 2 is 1.14 bits per heavy atom. The summed E-state index contributed by atoms with van der Waals surface area (Å²) in [4.78, 5) is 16.1. The van der Waals surface area contributed by atoms with E-state index in [2.05, 4.69) is 78.1 Å². The highest BCUT2D eigenvalue weighted by Gasteiger charge is 2.20. The van der Waals surface area contributed by atoms with Crippen molar-refractivity contribution in [3.63, 3.8) is 0 Å². The second kappa shape index (κ2) is 9.10. The number of anilines is 2. The average Bonchev–Trinajstić information content (AvgIpc) is 3.14. The molecule has 0 saturated heterocycles. The number of nitrogens with zero attached hydrogens (tertiary/aromatic N) is 2. The summed E-state index contributed by atoms with van der Waals surface area (Å²) in [7, 11) is 1.92. The topological polar surface area (TPSA) is 39.0 Å². The van der Waals surface area contributed by atoms with Gasteiger partial charge in [-0.05, 0) is 42.0 Å². The van der Waals surface area contributed by atoms with Crippen molar-refractivity contribution >= 4 is 44.7 Å². The molecule has 0 spiro atoms. The zero-order valence-corrected chi connectivity index (χ0v) is 20.9. The van der Waals surface area contributed by atoms with Crippen LogP contribution in [-0.4, -0.2) is 9.36 Å². The SMILES string of the molecule is Cc1c(Nc2c3ccccc3c(Sc3ccccc3)c3ccccc23)c(=O)n(-c2ccccc2)n1C. The zero-order valence-electron chi connectivity index (χ0n) is 20.1. The fourth-order valence-corrected chi connectivity index (χ4v) is 5.88. The van der Waals surface area contributed by atoms with Gasteiger partial charge in [-0.25, -0.2) is 4.68 Å². The standard InChI is InChI=1S/C31H25N3OS/c1-21-28(31(35)34(33(21)2)22-13-5-3-6-14-22)32-29-24-17-9-11-19-26(24)30(27-20-12-10-18-25(27)29)36-23-15-7-4-8-16-23/h3-20,32H,1-2H3. The number of nitrogens with one attached hydrogen (secondary N) is 1. The third-order valence-corrected chi connectivity index (χ3v) is 7.80. The summed E-state index contributed by atoms with van der Waals surface area (Å²) in [5.74, 6) is 0. The number of para-hydroxylation sites is 1. The minimum atomic E-state index is -0.0721. The van der Waals surface area contributed by atoms with E-state index in [4.69, 9.17) is 0 Å². The maximum absolute atomic E-state index is 13.7. The summed E-state index contributed by atoms with van der Waals surface area (Å²) >= 11 is 1.77. The third-order valence-electron chi connectivity index (χ3n) is 6.65. The van der Waals surface area contributed by atoms with Crippen LogP contribution in [0.5, 0.6) is 0 Å². The first-order valence-electron chi connectivity index (χ1n) is 11.9. The average molecular weight is 488 g/mol. The molecule has 0 fully saturated rings. The van der Waals surface area contributed by atoms with Crippen LogP contribution < -0.4 is 10.9 Å². The van der Waals surface area contributed by atoms with Gasteiger partial charge in [0.25, 0.3) is 5.56 Å². The first-order chi connectivity index (χ1) is 17.6. The quantitative estimate of drug-likeness (QED) is 0.253. The number of aromatic nitrogens is 2. The lowest BCUT2D eigenvalue weighted by Gasteiger charge is -2.17. The largest absolute Gasteiger partial charge is 0.348 e. The van der Waals surface area contributed by atoms with Gasteiger partial charge in [0.05, 0.1) is 17.1 Å².